The number of hydrogen-bond acceptors (Lipinski definition) is 4. The Kier molecular flexibility index (Phi) is 4.03. The number of rotatable bonds is 3. The van der Waals surface area contributed by atoms with Crippen molar-refractivity contribution in [2.45, 2.75) is 26.2 Å². The van der Waals surface area contributed by atoms with Gasteiger partial charge in [-0.1, -0.05) is 35.0 Å². The Balaban J connectivity index is 1.56. The molecule has 2 aromatic carbocycles. The largest absolute Gasteiger partial charge is 0.339 e. The maximum atomic E-state index is 13.8. The van der Waals surface area contributed by atoms with Crippen molar-refractivity contribution in [3.63, 3.8) is 0 Å². The van der Waals surface area contributed by atoms with E-state index in [1.54, 1.807) is 24.0 Å². The van der Waals surface area contributed by atoms with Crippen molar-refractivity contribution >= 4 is 11.6 Å². The first-order chi connectivity index (χ1) is 12.5. The fraction of sp³-hybridized carbons (Fsp3) is 0.250. The molecule has 1 amide bonds. The normalized spacial score (nSPS) is 17.1. The second-order valence-corrected chi connectivity index (χ2v) is 6.66. The van der Waals surface area contributed by atoms with Crippen LogP contribution in [0.25, 0.3) is 11.4 Å². The van der Waals surface area contributed by atoms with E-state index in [4.69, 9.17) is 4.52 Å². The van der Waals surface area contributed by atoms with Crippen LogP contribution < -0.4 is 4.90 Å². The molecule has 0 spiro atoms. The molecule has 4 rings (SSSR count). The minimum absolute atomic E-state index is 0.0754. The van der Waals surface area contributed by atoms with Gasteiger partial charge in [-0.25, -0.2) is 4.39 Å². The Labute approximate surface area is 150 Å². The van der Waals surface area contributed by atoms with Crippen molar-refractivity contribution in [2.24, 2.45) is 0 Å². The van der Waals surface area contributed by atoms with Crippen LogP contribution in [0, 0.1) is 19.7 Å². The molecule has 0 aliphatic carbocycles. The molecule has 1 aromatic heterocycles. The molecule has 0 saturated carbocycles. The van der Waals surface area contributed by atoms with Crippen molar-refractivity contribution in [3.8, 4) is 11.4 Å². The van der Waals surface area contributed by atoms with Gasteiger partial charge in [0.1, 0.15) is 5.82 Å². The quantitative estimate of drug-likeness (QED) is 0.715. The average molecular weight is 351 g/mol. The fourth-order valence-electron chi connectivity index (χ4n) is 3.17. The van der Waals surface area contributed by atoms with Gasteiger partial charge in [-0.3, -0.25) is 4.79 Å². The van der Waals surface area contributed by atoms with Gasteiger partial charge in [0.2, 0.25) is 17.6 Å². The standard InChI is InChI=1S/C20H18FN3O2/c1-12-4-3-5-14(8-12)19-22-20(26-23-19)15-9-18(25)24(11-15)16-7-6-13(2)17(21)10-16/h3-8,10,15H,9,11H2,1-2H3. The van der Waals surface area contributed by atoms with Crippen molar-refractivity contribution < 1.29 is 13.7 Å². The SMILES string of the molecule is Cc1cccc(-c2noc(C3CC(=O)N(c4ccc(C)c(F)c4)C3)n2)c1. The van der Waals surface area contributed by atoms with Gasteiger partial charge in [0.05, 0.1) is 5.92 Å². The maximum absolute atomic E-state index is 13.8. The second kappa shape index (κ2) is 6.37. The zero-order valence-electron chi connectivity index (χ0n) is 14.6. The number of carbonyl (C=O) groups excluding carboxylic acids is 1. The first kappa shape index (κ1) is 16.4. The highest BCUT2D eigenvalue weighted by molar-refractivity contribution is 5.96. The van der Waals surface area contributed by atoms with Gasteiger partial charge in [-0.2, -0.15) is 4.98 Å². The van der Waals surface area contributed by atoms with Crippen molar-refractivity contribution in [1.29, 1.82) is 0 Å². The number of halogens is 1. The summed E-state index contributed by atoms with van der Waals surface area (Å²) in [6, 6.07) is 12.7. The molecule has 5 nitrogen and oxygen atoms in total. The van der Waals surface area contributed by atoms with Crippen molar-refractivity contribution in [3.05, 3.63) is 65.3 Å². The van der Waals surface area contributed by atoms with Crippen LogP contribution in [-0.2, 0) is 4.79 Å². The van der Waals surface area contributed by atoms with Crippen LogP contribution in [0.3, 0.4) is 0 Å². The lowest BCUT2D eigenvalue weighted by atomic mass is 10.1. The Bertz CT molecular complexity index is 983. The van der Waals surface area contributed by atoms with Gasteiger partial charge >= 0.3 is 0 Å². The van der Waals surface area contributed by atoms with Crippen LogP contribution in [0.2, 0.25) is 0 Å². The van der Waals surface area contributed by atoms with Crippen LogP contribution in [0.5, 0.6) is 0 Å². The molecule has 1 aliphatic heterocycles. The first-order valence-electron chi connectivity index (χ1n) is 8.48. The van der Waals surface area contributed by atoms with E-state index >= 15 is 0 Å². The summed E-state index contributed by atoms with van der Waals surface area (Å²) in [5.74, 6) is 0.352. The predicted octanol–water partition coefficient (Wildman–Crippen LogP) is 4.01. The molecule has 1 aliphatic rings. The van der Waals surface area contributed by atoms with Crippen LogP contribution in [0.15, 0.2) is 47.0 Å². The van der Waals surface area contributed by atoms with Crippen molar-refractivity contribution in [2.75, 3.05) is 11.4 Å². The van der Waals surface area contributed by atoms with E-state index in [0.717, 1.165) is 11.1 Å². The molecule has 6 heteroatoms. The van der Waals surface area contributed by atoms with Crippen molar-refractivity contribution in [1.82, 2.24) is 10.1 Å². The zero-order valence-corrected chi connectivity index (χ0v) is 14.6. The third kappa shape index (κ3) is 2.98. The smallest absolute Gasteiger partial charge is 0.232 e. The van der Waals surface area contributed by atoms with Gasteiger partial charge in [0.15, 0.2) is 0 Å². The molecule has 1 saturated heterocycles. The lowest BCUT2D eigenvalue weighted by Gasteiger charge is -2.16. The number of benzene rings is 2. The summed E-state index contributed by atoms with van der Waals surface area (Å²) in [5, 5.41) is 4.04. The summed E-state index contributed by atoms with van der Waals surface area (Å²) in [6.45, 7) is 4.09. The number of nitrogens with zero attached hydrogens (tertiary/aromatic N) is 3. The van der Waals surface area contributed by atoms with Gasteiger partial charge in [-0.05, 0) is 37.6 Å². The lowest BCUT2D eigenvalue weighted by molar-refractivity contribution is -0.117. The summed E-state index contributed by atoms with van der Waals surface area (Å²) >= 11 is 0. The highest BCUT2D eigenvalue weighted by Gasteiger charge is 2.35. The lowest BCUT2D eigenvalue weighted by Crippen LogP contribution is -2.24. The van der Waals surface area contributed by atoms with Crippen LogP contribution in [0.1, 0.15) is 29.4 Å². The number of hydrogen-bond donors (Lipinski definition) is 0. The van der Waals surface area contributed by atoms with E-state index in [9.17, 15) is 9.18 Å². The molecular formula is C20H18FN3O2. The molecule has 0 N–H and O–H groups in total. The number of carbonyl (C=O) groups is 1. The number of amides is 1. The van der Waals surface area contributed by atoms with E-state index < -0.39 is 0 Å². The Hall–Kier alpha value is -3.02. The molecule has 1 fully saturated rings. The average Bonchev–Trinajstić information content (AvgIpc) is 3.24. The first-order valence-corrected chi connectivity index (χ1v) is 8.48. The molecule has 1 atom stereocenters. The maximum Gasteiger partial charge on any atom is 0.232 e. The number of aromatic nitrogens is 2. The minimum atomic E-state index is -0.321. The van der Waals surface area contributed by atoms with E-state index in [2.05, 4.69) is 10.1 Å². The van der Waals surface area contributed by atoms with E-state index in [1.165, 1.54) is 6.07 Å². The van der Waals surface area contributed by atoms with Gasteiger partial charge < -0.3 is 9.42 Å². The summed E-state index contributed by atoms with van der Waals surface area (Å²) in [6.07, 6.45) is 0.269. The topological polar surface area (TPSA) is 59.2 Å². The minimum Gasteiger partial charge on any atom is -0.339 e. The molecule has 0 radical (unpaired) electrons. The summed E-state index contributed by atoms with van der Waals surface area (Å²) in [4.78, 5) is 18.4. The number of aryl methyl sites for hydroxylation is 2. The second-order valence-electron chi connectivity index (χ2n) is 6.66. The zero-order chi connectivity index (χ0) is 18.3. The third-order valence-electron chi connectivity index (χ3n) is 4.66. The Morgan fingerprint density at radius 3 is 2.81 bits per heavy atom. The summed E-state index contributed by atoms with van der Waals surface area (Å²) in [5.41, 5.74) is 3.09. The Morgan fingerprint density at radius 1 is 1.19 bits per heavy atom. The molecule has 26 heavy (non-hydrogen) atoms. The monoisotopic (exact) mass is 351 g/mol. The summed E-state index contributed by atoms with van der Waals surface area (Å²) in [7, 11) is 0. The summed E-state index contributed by atoms with van der Waals surface area (Å²) < 4.78 is 19.2. The highest BCUT2D eigenvalue weighted by atomic mass is 19.1. The molecular weight excluding hydrogens is 333 g/mol. The van der Waals surface area contributed by atoms with E-state index in [-0.39, 0.29) is 24.1 Å². The predicted molar refractivity (Wildman–Crippen MR) is 95.3 cm³/mol. The van der Waals surface area contributed by atoms with Crippen LogP contribution in [-0.4, -0.2) is 22.6 Å². The molecule has 132 valence electrons. The third-order valence-corrected chi connectivity index (χ3v) is 4.66. The highest BCUT2D eigenvalue weighted by Crippen LogP contribution is 2.32. The Morgan fingerprint density at radius 2 is 2.04 bits per heavy atom. The van der Waals surface area contributed by atoms with E-state index in [0.29, 0.717) is 29.5 Å². The van der Waals surface area contributed by atoms with Gasteiger partial charge in [-0.15, -0.1) is 0 Å². The fourth-order valence-corrected chi connectivity index (χ4v) is 3.17. The molecule has 3 aromatic rings. The van der Waals surface area contributed by atoms with Crippen LogP contribution in [0.4, 0.5) is 10.1 Å². The van der Waals surface area contributed by atoms with Gasteiger partial charge in [0, 0.05) is 24.2 Å². The van der Waals surface area contributed by atoms with Crippen LogP contribution >= 0.6 is 0 Å². The molecule has 2 heterocycles. The molecule has 0 bridgehead atoms. The molecule has 1 unspecified atom stereocenters. The van der Waals surface area contributed by atoms with Gasteiger partial charge in [0.25, 0.3) is 0 Å². The number of anilines is 1. The van der Waals surface area contributed by atoms with E-state index in [1.807, 2.05) is 31.2 Å².